The Morgan fingerprint density at radius 3 is 2.67 bits per heavy atom. The van der Waals surface area contributed by atoms with E-state index in [0.717, 1.165) is 30.9 Å². The fourth-order valence-electron chi connectivity index (χ4n) is 2.01. The van der Waals surface area contributed by atoms with Crippen molar-refractivity contribution in [3.05, 3.63) is 34.9 Å². The Kier molecular flexibility index (Phi) is 2.46. The highest BCUT2D eigenvalue weighted by molar-refractivity contribution is 5.37. The summed E-state index contributed by atoms with van der Waals surface area (Å²) in [5, 5.41) is 0. The zero-order chi connectivity index (χ0) is 11.1. The molecule has 1 aliphatic carbocycles. The Morgan fingerprint density at radius 2 is 2.00 bits per heavy atom. The highest BCUT2D eigenvalue weighted by Gasteiger charge is 2.31. The van der Waals surface area contributed by atoms with Gasteiger partial charge >= 0.3 is 6.18 Å². The number of alkyl halides is 3. The van der Waals surface area contributed by atoms with Crippen LogP contribution in [-0.2, 0) is 12.6 Å². The fraction of sp³-hybridized carbons (Fsp3) is 0.455. The Morgan fingerprint density at radius 1 is 1.27 bits per heavy atom. The van der Waals surface area contributed by atoms with Crippen molar-refractivity contribution in [3.63, 3.8) is 0 Å². The summed E-state index contributed by atoms with van der Waals surface area (Å²) in [5.74, 6) is 0. The summed E-state index contributed by atoms with van der Waals surface area (Å²) in [6.45, 7) is 0. The molecule has 1 atom stereocenters. The molecule has 0 aromatic heterocycles. The summed E-state index contributed by atoms with van der Waals surface area (Å²) < 4.78 is 37.3. The van der Waals surface area contributed by atoms with Crippen LogP contribution in [0.15, 0.2) is 18.2 Å². The van der Waals surface area contributed by atoms with Gasteiger partial charge in [-0.1, -0.05) is 6.07 Å². The molecule has 0 fully saturated rings. The van der Waals surface area contributed by atoms with E-state index in [1.54, 1.807) is 6.07 Å². The molecule has 1 aromatic rings. The second-order valence-corrected chi connectivity index (χ2v) is 3.91. The van der Waals surface area contributed by atoms with Gasteiger partial charge in [0.2, 0.25) is 0 Å². The molecule has 0 radical (unpaired) electrons. The maximum absolute atomic E-state index is 12.4. The minimum absolute atomic E-state index is 0.240. The van der Waals surface area contributed by atoms with Crippen LogP contribution < -0.4 is 5.73 Å². The summed E-state index contributed by atoms with van der Waals surface area (Å²) in [6, 6.07) is 3.64. The lowest BCUT2D eigenvalue weighted by Gasteiger charge is -2.23. The number of fused-ring (bicyclic) bond motifs is 1. The molecule has 0 saturated carbocycles. The number of hydrogen-bond acceptors (Lipinski definition) is 1. The van der Waals surface area contributed by atoms with Gasteiger partial charge in [-0.15, -0.1) is 0 Å². The van der Waals surface area contributed by atoms with Crippen molar-refractivity contribution in [3.8, 4) is 0 Å². The number of benzene rings is 1. The summed E-state index contributed by atoms with van der Waals surface area (Å²) in [5.41, 5.74) is 6.82. The molecule has 1 aromatic carbocycles. The third-order valence-electron chi connectivity index (χ3n) is 2.83. The van der Waals surface area contributed by atoms with E-state index < -0.39 is 11.7 Å². The zero-order valence-electron chi connectivity index (χ0n) is 8.14. The van der Waals surface area contributed by atoms with Gasteiger partial charge in [-0.25, -0.2) is 0 Å². The largest absolute Gasteiger partial charge is 0.416 e. The van der Waals surface area contributed by atoms with E-state index in [1.165, 1.54) is 6.07 Å². The number of hydrogen-bond donors (Lipinski definition) is 1. The molecule has 1 nitrogen and oxygen atoms in total. The van der Waals surface area contributed by atoms with Crippen LogP contribution in [0.2, 0.25) is 0 Å². The highest BCUT2D eigenvalue weighted by atomic mass is 19.4. The van der Waals surface area contributed by atoms with Crippen molar-refractivity contribution in [2.75, 3.05) is 0 Å². The first kappa shape index (κ1) is 10.5. The topological polar surface area (TPSA) is 26.0 Å². The van der Waals surface area contributed by atoms with E-state index in [-0.39, 0.29) is 6.04 Å². The van der Waals surface area contributed by atoms with Gasteiger partial charge in [0, 0.05) is 6.04 Å². The summed E-state index contributed by atoms with van der Waals surface area (Å²) in [7, 11) is 0. The molecule has 2 rings (SSSR count). The molecule has 82 valence electrons. The van der Waals surface area contributed by atoms with Crippen LogP contribution in [0.3, 0.4) is 0 Å². The molecular weight excluding hydrogens is 203 g/mol. The third-order valence-corrected chi connectivity index (χ3v) is 2.83. The highest BCUT2D eigenvalue weighted by Crippen LogP contribution is 2.34. The number of nitrogens with two attached hydrogens (primary N) is 1. The lowest BCUT2D eigenvalue weighted by molar-refractivity contribution is -0.137. The van der Waals surface area contributed by atoms with Crippen LogP contribution in [-0.4, -0.2) is 0 Å². The van der Waals surface area contributed by atoms with E-state index in [4.69, 9.17) is 5.73 Å². The summed E-state index contributed by atoms with van der Waals surface area (Å²) in [4.78, 5) is 0. The number of halogens is 3. The first-order chi connectivity index (χ1) is 6.98. The average molecular weight is 215 g/mol. The molecule has 0 heterocycles. The maximum atomic E-state index is 12.4. The Labute approximate surface area is 86.1 Å². The zero-order valence-corrected chi connectivity index (χ0v) is 8.14. The van der Waals surface area contributed by atoms with Crippen LogP contribution in [0.1, 0.15) is 35.6 Å². The van der Waals surface area contributed by atoms with Gasteiger partial charge in [-0.2, -0.15) is 13.2 Å². The predicted octanol–water partition coefficient (Wildman–Crippen LogP) is 3.04. The van der Waals surface area contributed by atoms with Crippen molar-refractivity contribution in [2.45, 2.75) is 31.5 Å². The van der Waals surface area contributed by atoms with Crippen LogP contribution >= 0.6 is 0 Å². The second-order valence-electron chi connectivity index (χ2n) is 3.91. The van der Waals surface area contributed by atoms with Gasteiger partial charge in [0.15, 0.2) is 0 Å². The van der Waals surface area contributed by atoms with Gasteiger partial charge in [0.1, 0.15) is 0 Å². The average Bonchev–Trinajstić information content (AvgIpc) is 2.16. The predicted molar refractivity (Wildman–Crippen MR) is 51.3 cm³/mol. The van der Waals surface area contributed by atoms with Crippen LogP contribution in [0.5, 0.6) is 0 Å². The van der Waals surface area contributed by atoms with E-state index >= 15 is 0 Å². The maximum Gasteiger partial charge on any atom is 0.416 e. The van der Waals surface area contributed by atoms with Crippen molar-refractivity contribution in [2.24, 2.45) is 5.73 Å². The summed E-state index contributed by atoms with van der Waals surface area (Å²) >= 11 is 0. The molecule has 4 heteroatoms. The lowest BCUT2D eigenvalue weighted by Crippen LogP contribution is -2.18. The molecular formula is C11H12F3N. The molecule has 0 bridgehead atoms. The van der Waals surface area contributed by atoms with E-state index in [9.17, 15) is 13.2 Å². The van der Waals surface area contributed by atoms with Crippen LogP contribution in [0.4, 0.5) is 13.2 Å². The monoisotopic (exact) mass is 215 g/mol. The molecule has 0 amide bonds. The third kappa shape index (κ3) is 2.00. The van der Waals surface area contributed by atoms with Gasteiger partial charge in [-0.3, -0.25) is 0 Å². The first-order valence-corrected chi connectivity index (χ1v) is 4.94. The minimum atomic E-state index is -4.27. The van der Waals surface area contributed by atoms with Gasteiger partial charge < -0.3 is 5.73 Å². The van der Waals surface area contributed by atoms with Crippen molar-refractivity contribution in [1.29, 1.82) is 0 Å². The molecule has 1 aliphatic rings. The molecule has 0 spiro atoms. The molecule has 15 heavy (non-hydrogen) atoms. The van der Waals surface area contributed by atoms with Crippen molar-refractivity contribution in [1.82, 2.24) is 0 Å². The molecule has 2 N–H and O–H groups in total. The second kappa shape index (κ2) is 3.52. The molecule has 0 saturated heterocycles. The normalized spacial score (nSPS) is 21.2. The van der Waals surface area contributed by atoms with Crippen molar-refractivity contribution >= 4 is 0 Å². The molecule has 0 unspecified atom stereocenters. The van der Waals surface area contributed by atoms with Gasteiger partial charge in [-0.05, 0) is 42.5 Å². The smallest absolute Gasteiger partial charge is 0.324 e. The van der Waals surface area contributed by atoms with E-state index in [1.807, 2.05) is 0 Å². The fourth-order valence-corrected chi connectivity index (χ4v) is 2.01. The number of rotatable bonds is 0. The lowest BCUT2D eigenvalue weighted by atomic mass is 9.87. The Hall–Kier alpha value is -1.03. The first-order valence-electron chi connectivity index (χ1n) is 4.94. The quantitative estimate of drug-likeness (QED) is 0.707. The SMILES string of the molecule is N[C@H]1CCCc2ccc(C(F)(F)F)cc21. The summed E-state index contributed by atoms with van der Waals surface area (Å²) in [6.07, 6.45) is -1.71. The minimum Gasteiger partial charge on any atom is -0.324 e. The van der Waals surface area contributed by atoms with E-state index in [2.05, 4.69) is 0 Å². The van der Waals surface area contributed by atoms with Crippen molar-refractivity contribution < 1.29 is 13.2 Å². The standard InChI is InChI=1S/C11H12F3N/c12-11(13,14)8-5-4-7-2-1-3-10(15)9(7)6-8/h4-6,10H,1-3,15H2/t10-/m0/s1. The Bertz CT molecular complexity index is 371. The van der Waals surface area contributed by atoms with Gasteiger partial charge in [0.25, 0.3) is 0 Å². The number of aryl methyl sites for hydroxylation is 1. The molecule has 0 aliphatic heterocycles. The van der Waals surface area contributed by atoms with Crippen LogP contribution in [0, 0.1) is 0 Å². The Balaban J connectivity index is 2.44. The van der Waals surface area contributed by atoms with Gasteiger partial charge in [0.05, 0.1) is 5.56 Å². The van der Waals surface area contributed by atoms with E-state index in [0.29, 0.717) is 5.56 Å². The van der Waals surface area contributed by atoms with Crippen LogP contribution in [0.25, 0.3) is 0 Å².